The van der Waals surface area contributed by atoms with Crippen LogP contribution in [0.15, 0.2) is 24.3 Å². The van der Waals surface area contributed by atoms with Crippen molar-refractivity contribution in [3.8, 4) is 5.75 Å². The third-order valence-electron chi connectivity index (χ3n) is 4.26. The molecule has 1 saturated carbocycles. The van der Waals surface area contributed by atoms with E-state index < -0.39 is 0 Å². The van der Waals surface area contributed by atoms with E-state index >= 15 is 0 Å². The van der Waals surface area contributed by atoms with E-state index in [1.807, 2.05) is 24.3 Å². The van der Waals surface area contributed by atoms with Crippen molar-refractivity contribution in [2.75, 3.05) is 13.2 Å². The van der Waals surface area contributed by atoms with Crippen LogP contribution in [0, 0.1) is 5.92 Å². The molecule has 0 spiro atoms. The van der Waals surface area contributed by atoms with Gasteiger partial charge in [0.2, 0.25) is 5.91 Å². The summed E-state index contributed by atoms with van der Waals surface area (Å²) in [6, 6.07) is 7.86. The third-order valence-corrected chi connectivity index (χ3v) is 4.26. The van der Waals surface area contributed by atoms with Gasteiger partial charge < -0.3 is 20.5 Å². The normalized spacial score (nSPS) is 23.2. The molecule has 3 N–H and O–H groups in total. The fourth-order valence-electron chi connectivity index (χ4n) is 2.65. The van der Waals surface area contributed by atoms with Crippen LogP contribution < -0.4 is 15.8 Å². The monoisotopic (exact) mass is 340 g/mol. The molecule has 1 heterocycles. The predicted molar refractivity (Wildman–Crippen MR) is 90.7 cm³/mol. The molecule has 1 amide bonds. The number of para-hydroxylation sites is 1. The van der Waals surface area contributed by atoms with Crippen molar-refractivity contribution < 1.29 is 14.3 Å². The lowest BCUT2D eigenvalue weighted by molar-refractivity contribution is -0.132. The summed E-state index contributed by atoms with van der Waals surface area (Å²) in [6.07, 6.45) is 3.78. The van der Waals surface area contributed by atoms with Crippen LogP contribution >= 0.6 is 12.4 Å². The molecule has 1 aromatic carbocycles. The molecule has 0 radical (unpaired) electrons. The molecule has 0 aromatic heterocycles. The number of carbonyl (C=O) groups is 1. The summed E-state index contributed by atoms with van der Waals surface area (Å²) in [6.45, 7) is 1.71. The first-order valence-corrected chi connectivity index (χ1v) is 8.10. The average Bonchev–Trinajstić information content (AvgIpc) is 3.25. The fraction of sp³-hybridized carbons (Fsp3) is 0.588. The van der Waals surface area contributed by atoms with Gasteiger partial charge in [-0.05, 0) is 37.7 Å². The van der Waals surface area contributed by atoms with Crippen LogP contribution in [-0.2, 0) is 16.1 Å². The molecule has 1 aliphatic carbocycles. The second kappa shape index (κ2) is 8.52. The van der Waals surface area contributed by atoms with E-state index in [4.69, 9.17) is 15.2 Å². The minimum Gasteiger partial charge on any atom is -0.493 e. The summed E-state index contributed by atoms with van der Waals surface area (Å²) in [5.41, 5.74) is 6.58. The molecule has 23 heavy (non-hydrogen) atoms. The number of nitrogens with two attached hydrogens (primary N) is 1. The molecule has 0 bridgehead atoms. The largest absolute Gasteiger partial charge is 0.493 e. The molecule has 5 nitrogen and oxygen atoms in total. The maximum Gasteiger partial charge on any atom is 0.249 e. The van der Waals surface area contributed by atoms with Gasteiger partial charge in [-0.15, -0.1) is 12.4 Å². The van der Waals surface area contributed by atoms with Crippen LogP contribution in [-0.4, -0.2) is 31.3 Å². The Balaban J connectivity index is 0.00000192. The van der Waals surface area contributed by atoms with Crippen molar-refractivity contribution in [2.24, 2.45) is 11.7 Å². The number of hydrogen-bond acceptors (Lipinski definition) is 4. The number of amides is 1. The molecule has 1 saturated heterocycles. The summed E-state index contributed by atoms with van der Waals surface area (Å²) in [4.78, 5) is 12.1. The van der Waals surface area contributed by atoms with Gasteiger partial charge in [-0.3, -0.25) is 4.79 Å². The highest BCUT2D eigenvalue weighted by atomic mass is 35.5. The first-order valence-electron chi connectivity index (χ1n) is 8.10. The predicted octanol–water partition coefficient (Wildman–Crippen LogP) is 2.02. The van der Waals surface area contributed by atoms with Crippen molar-refractivity contribution in [2.45, 2.75) is 44.4 Å². The van der Waals surface area contributed by atoms with Crippen LogP contribution in [0.1, 0.15) is 31.2 Å². The third kappa shape index (κ3) is 5.09. The van der Waals surface area contributed by atoms with Crippen LogP contribution in [0.5, 0.6) is 5.75 Å². The molecule has 2 atom stereocenters. The van der Waals surface area contributed by atoms with Gasteiger partial charge in [-0.1, -0.05) is 18.2 Å². The number of nitrogens with one attached hydrogen (secondary N) is 1. The Bertz CT molecular complexity index is 522. The van der Waals surface area contributed by atoms with Crippen molar-refractivity contribution in [1.82, 2.24) is 5.32 Å². The second-order valence-corrected chi connectivity index (χ2v) is 6.14. The van der Waals surface area contributed by atoms with E-state index in [9.17, 15) is 4.79 Å². The number of ether oxygens (including phenoxy) is 2. The minimum absolute atomic E-state index is 0. The van der Waals surface area contributed by atoms with Crippen molar-refractivity contribution in [3.05, 3.63) is 29.8 Å². The van der Waals surface area contributed by atoms with Crippen LogP contribution in [0.2, 0.25) is 0 Å². The molecule has 1 aliphatic heterocycles. The van der Waals surface area contributed by atoms with Gasteiger partial charge in [-0.25, -0.2) is 0 Å². The van der Waals surface area contributed by atoms with Gasteiger partial charge in [0.05, 0.1) is 12.7 Å². The average molecular weight is 341 g/mol. The van der Waals surface area contributed by atoms with Gasteiger partial charge in [0.15, 0.2) is 0 Å². The van der Waals surface area contributed by atoms with Crippen molar-refractivity contribution in [3.63, 3.8) is 0 Å². The second-order valence-electron chi connectivity index (χ2n) is 6.14. The van der Waals surface area contributed by atoms with Gasteiger partial charge >= 0.3 is 0 Å². The number of rotatable bonds is 7. The molecule has 2 aliphatic rings. The summed E-state index contributed by atoms with van der Waals surface area (Å²) in [5.74, 6) is 1.51. The topological polar surface area (TPSA) is 73.6 Å². The Morgan fingerprint density at radius 3 is 2.74 bits per heavy atom. The molecule has 128 valence electrons. The molecular weight excluding hydrogens is 316 g/mol. The van der Waals surface area contributed by atoms with Crippen LogP contribution in [0.25, 0.3) is 0 Å². The molecule has 6 heteroatoms. The SMILES string of the molecule is Cl.NC[C@H]1CC[C@@H](C(=O)NCc2ccccc2OCC2CC2)O1. The van der Waals surface area contributed by atoms with Crippen molar-refractivity contribution in [1.29, 1.82) is 0 Å². The summed E-state index contributed by atoms with van der Waals surface area (Å²) >= 11 is 0. The zero-order valence-corrected chi connectivity index (χ0v) is 14.0. The Kier molecular flexibility index (Phi) is 6.69. The van der Waals surface area contributed by atoms with E-state index in [2.05, 4.69) is 5.32 Å². The standard InChI is InChI=1S/C17H24N2O3.ClH/c18-9-14-7-8-16(22-14)17(20)19-10-13-3-1-2-4-15(13)21-11-12-5-6-12;/h1-4,12,14,16H,5-11,18H2,(H,19,20);1H/t14-,16+;/m1./s1. The zero-order valence-electron chi connectivity index (χ0n) is 13.2. The Morgan fingerprint density at radius 2 is 2.04 bits per heavy atom. The molecular formula is C17H25ClN2O3. The van der Waals surface area contributed by atoms with Gasteiger partial charge in [0.1, 0.15) is 11.9 Å². The molecule has 0 unspecified atom stereocenters. The lowest BCUT2D eigenvalue weighted by atomic mass is 10.1. The van der Waals surface area contributed by atoms with E-state index in [0.717, 1.165) is 30.8 Å². The molecule has 2 fully saturated rings. The van der Waals surface area contributed by atoms with Gasteiger partial charge in [0.25, 0.3) is 0 Å². The maximum absolute atomic E-state index is 12.1. The first kappa shape index (κ1) is 18.0. The van der Waals surface area contributed by atoms with Crippen LogP contribution in [0.3, 0.4) is 0 Å². The van der Waals surface area contributed by atoms with Crippen LogP contribution in [0.4, 0.5) is 0 Å². The summed E-state index contributed by atoms with van der Waals surface area (Å²) < 4.78 is 11.5. The highest BCUT2D eigenvalue weighted by molar-refractivity contribution is 5.85. The zero-order chi connectivity index (χ0) is 15.4. The smallest absolute Gasteiger partial charge is 0.249 e. The summed E-state index contributed by atoms with van der Waals surface area (Å²) in [7, 11) is 0. The number of halogens is 1. The lowest BCUT2D eigenvalue weighted by Crippen LogP contribution is -2.35. The minimum atomic E-state index is -0.368. The van der Waals surface area contributed by atoms with Crippen molar-refractivity contribution >= 4 is 18.3 Å². The lowest BCUT2D eigenvalue weighted by Gasteiger charge is -2.15. The highest BCUT2D eigenvalue weighted by Gasteiger charge is 2.29. The Morgan fingerprint density at radius 1 is 1.26 bits per heavy atom. The highest BCUT2D eigenvalue weighted by Crippen LogP contribution is 2.30. The molecule has 3 rings (SSSR count). The number of benzene rings is 1. The molecule has 1 aromatic rings. The van der Waals surface area contributed by atoms with E-state index in [-0.39, 0.29) is 30.5 Å². The summed E-state index contributed by atoms with van der Waals surface area (Å²) in [5, 5.41) is 2.94. The number of carbonyl (C=O) groups excluding carboxylic acids is 1. The van der Waals surface area contributed by atoms with E-state index in [1.54, 1.807) is 0 Å². The number of hydrogen-bond donors (Lipinski definition) is 2. The van der Waals surface area contributed by atoms with E-state index in [0.29, 0.717) is 19.0 Å². The van der Waals surface area contributed by atoms with E-state index in [1.165, 1.54) is 12.8 Å². The fourth-order valence-corrected chi connectivity index (χ4v) is 2.65. The Hall–Kier alpha value is -1.30. The Labute approximate surface area is 143 Å². The first-order chi connectivity index (χ1) is 10.8. The quantitative estimate of drug-likeness (QED) is 0.796. The van der Waals surface area contributed by atoms with Gasteiger partial charge in [-0.2, -0.15) is 0 Å². The maximum atomic E-state index is 12.1. The van der Waals surface area contributed by atoms with Gasteiger partial charge in [0, 0.05) is 18.7 Å².